The van der Waals surface area contributed by atoms with Gasteiger partial charge in [0.1, 0.15) is 0 Å². The van der Waals surface area contributed by atoms with Crippen molar-refractivity contribution in [1.82, 2.24) is 20.7 Å². The Kier molecular flexibility index (Phi) is 9.15. The van der Waals surface area contributed by atoms with E-state index in [1.165, 1.54) is 5.56 Å². The molecule has 0 bridgehead atoms. The zero-order chi connectivity index (χ0) is 19.7. The highest BCUT2D eigenvalue weighted by Crippen LogP contribution is 2.14. The second-order valence-corrected chi connectivity index (χ2v) is 6.66. The van der Waals surface area contributed by atoms with Crippen molar-refractivity contribution in [3.05, 3.63) is 35.9 Å². The Labute approximate surface area is 167 Å². The number of hydrogen-bond donors (Lipinski definition) is 2. The lowest BCUT2D eigenvalue weighted by Crippen LogP contribution is -2.35. The van der Waals surface area contributed by atoms with Crippen molar-refractivity contribution in [1.29, 1.82) is 0 Å². The van der Waals surface area contributed by atoms with Gasteiger partial charge in [-0.25, -0.2) is 10.0 Å². The third kappa shape index (κ3) is 6.68. The normalized spacial score (nSPS) is 13.0. The summed E-state index contributed by atoms with van der Waals surface area (Å²) in [5, 5.41) is 19.6. The summed E-state index contributed by atoms with van der Waals surface area (Å²) in [6, 6.07) is 10.3. The van der Waals surface area contributed by atoms with Crippen molar-refractivity contribution >= 4 is 46.1 Å². The first-order valence-corrected chi connectivity index (χ1v) is 9.16. The van der Waals surface area contributed by atoms with Crippen LogP contribution in [0.25, 0.3) is 0 Å². The van der Waals surface area contributed by atoms with Crippen LogP contribution in [-0.2, 0) is 6.42 Å². The second-order valence-electron chi connectivity index (χ2n) is 5.88. The zero-order valence-corrected chi connectivity index (χ0v) is 17.9. The van der Waals surface area contributed by atoms with Crippen LogP contribution in [0.4, 0.5) is 0 Å². The SMILES string of the molecule is CNC(=S)N(C)/N=C(\C)C(Cc1ccccc1)/C(C)=N/N(C)C(=S)NC. The van der Waals surface area contributed by atoms with Gasteiger partial charge in [-0.1, -0.05) is 30.3 Å². The minimum atomic E-state index is 0.0293. The van der Waals surface area contributed by atoms with Gasteiger partial charge in [0, 0.05) is 45.5 Å². The van der Waals surface area contributed by atoms with Crippen LogP contribution in [0.5, 0.6) is 0 Å². The van der Waals surface area contributed by atoms with Crippen LogP contribution in [0.2, 0.25) is 0 Å². The summed E-state index contributed by atoms with van der Waals surface area (Å²) < 4.78 is 0. The molecular weight excluding hydrogens is 364 g/mol. The van der Waals surface area contributed by atoms with Gasteiger partial charge in [0.15, 0.2) is 10.2 Å². The van der Waals surface area contributed by atoms with Crippen LogP contribution in [0.3, 0.4) is 0 Å². The summed E-state index contributed by atoms with van der Waals surface area (Å²) in [6.07, 6.45) is 0.797. The van der Waals surface area contributed by atoms with Crippen molar-refractivity contribution in [3.8, 4) is 0 Å². The molecule has 8 heteroatoms. The van der Waals surface area contributed by atoms with Crippen molar-refractivity contribution in [3.63, 3.8) is 0 Å². The molecule has 0 radical (unpaired) electrons. The molecule has 0 atom stereocenters. The monoisotopic (exact) mass is 392 g/mol. The van der Waals surface area contributed by atoms with Crippen LogP contribution in [-0.4, -0.2) is 59.9 Å². The number of hydrogen-bond acceptors (Lipinski definition) is 4. The average Bonchev–Trinajstić information content (AvgIpc) is 2.64. The quantitative estimate of drug-likeness (QED) is 0.441. The summed E-state index contributed by atoms with van der Waals surface area (Å²) in [5.41, 5.74) is 3.08. The maximum atomic E-state index is 5.24. The topological polar surface area (TPSA) is 55.3 Å². The molecule has 2 N–H and O–H groups in total. The van der Waals surface area contributed by atoms with Crippen molar-refractivity contribution < 1.29 is 0 Å². The lowest BCUT2D eigenvalue weighted by Gasteiger charge is -2.22. The standard InChI is InChI=1S/C18H28N6S2/c1-13(21-23(5)17(25)19-3)16(12-15-10-8-7-9-11-15)14(2)22-24(6)18(26)20-4/h7-11,16H,12H2,1-6H3,(H,19,25)(H,20,26)/b21-13+,22-14+. The van der Waals surface area contributed by atoms with E-state index in [2.05, 4.69) is 33.0 Å². The van der Waals surface area contributed by atoms with Gasteiger partial charge in [0.05, 0.1) is 0 Å². The van der Waals surface area contributed by atoms with Gasteiger partial charge >= 0.3 is 0 Å². The van der Waals surface area contributed by atoms with E-state index in [0.717, 1.165) is 17.8 Å². The molecule has 0 saturated carbocycles. The summed E-state index contributed by atoms with van der Waals surface area (Å²) in [6.45, 7) is 4.00. The molecule has 0 amide bonds. The Morgan fingerprint density at radius 3 is 1.73 bits per heavy atom. The average molecular weight is 393 g/mol. The molecule has 1 rings (SSSR count). The Morgan fingerprint density at radius 2 is 1.35 bits per heavy atom. The third-order valence-corrected chi connectivity index (χ3v) is 4.86. The van der Waals surface area contributed by atoms with E-state index in [1.807, 2.05) is 46.1 Å². The van der Waals surface area contributed by atoms with E-state index in [1.54, 1.807) is 24.1 Å². The van der Waals surface area contributed by atoms with Gasteiger partial charge in [-0.05, 0) is 50.3 Å². The van der Waals surface area contributed by atoms with Gasteiger partial charge in [-0.15, -0.1) is 0 Å². The van der Waals surface area contributed by atoms with Crippen molar-refractivity contribution in [2.45, 2.75) is 20.3 Å². The van der Waals surface area contributed by atoms with E-state index in [0.29, 0.717) is 10.2 Å². The highest BCUT2D eigenvalue weighted by Gasteiger charge is 2.19. The van der Waals surface area contributed by atoms with Gasteiger partial charge < -0.3 is 10.6 Å². The Bertz CT molecular complexity index is 634. The molecule has 0 aliphatic carbocycles. The summed E-state index contributed by atoms with van der Waals surface area (Å²) in [7, 11) is 7.23. The number of benzene rings is 1. The largest absolute Gasteiger partial charge is 0.364 e. The molecule has 6 nitrogen and oxygen atoms in total. The number of nitrogens with one attached hydrogen (secondary N) is 2. The van der Waals surface area contributed by atoms with E-state index in [-0.39, 0.29) is 5.92 Å². The van der Waals surface area contributed by atoms with Crippen molar-refractivity contribution in [2.75, 3.05) is 28.2 Å². The molecular formula is C18H28N6S2. The number of nitrogens with zero attached hydrogens (tertiary/aromatic N) is 4. The van der Waals surface area contributed by atoms with Crippen LogP contribution in [0.1, 0.15) is 19.4 Å². The number of thiocarbonyl (C=S) groups is 2. The third-order valence-electron chi connectivity index (χ3n) is 3.92. The Balaban J connectivity index is 3.16. The van der Waals surface area contributed by atoms with Gasteiger partial charge in [-0.3, -0.25) is 0 Å². The van der Waals surface area contributed by atoms with E-state index in [9.17, 15) is 0 Å². The first-order chi connectivity index (χ1) is 12.3. The molecule has 1 aromatic carbocycles. The fourth-order valence-corrected chi connectivity index (χ4v) is 2.56. The zero-order valence-electron chi connectivity index (χ0n) is 16.3. The fraction of sp³-hybridized carbons (Fsp3) is 0.444. The van der Waals surface area contributed by atoms with Crippen molar-refractivity contribution in [2.24, 2.45) is 16.1 Å². The number of rotatable bonds is 6. The van der Waals surface area contributed by atoms with Crippen LogP contribution in [0.15, 0.2) is 40.5 Å². The molecule has 0 unspecified atom stereocenters. The molecule has 0 fully saturated rings. The maximum Gasteiger partial charge on any atom is 0.189 e. The summed E-state index contributed by atoms with van der Waals surface area (Å²) in [5.74, 6) is 0.0293. The highest BCUT2D eigenvalue weighted by molar-refractivity contribution is 7.80. The first kappa shape index (κ1) is 22.0. The molecule has 0 aromatic heterocycles. The van der Waals surface area contributed by atoms with E-state index in [4.69, 9.17) is 24.4 Å². The molecule has 0 aliphatic heterocycles. The maximum absolute atomic E-state index is 5.24. The predicted octanol–water partition coefficient (Wildman–Crippen LogP) is 2.47. The summed E-state index contributed by atoms with van der Waals surface area (Å²) >= 11 is 10.5. The summed E-state index contributed by atoms with van der Waals surface area (Å²) in [4.78, 5) is 0. The lowest BCUT2D eigenvalue weighted by molar-refractivity contribution is 0.523. The predicted molar refractivity (Wildman–Crippen MR) is 119 cm³/mol. The molecule has 0 saturated heterocycles. The minimum Gasteiger partial charge on any atom is -0.364 e. The van der Waals surface area contributed by atoms with Gasteiger partial charge in [-0.2, -0.15) is 10.2 Å². The smallest absolute Gasteiger partial charge is 0.189 e. The Morgan fingerprint density at radius 1 is 0.923 bits per heavy atom. The lowest BCUT2D eigenvalue weighted by atomic mass is 9.91. The van der Waals surface area contributed by atoms with E-state index >= 15 is 0 Å². The fourth-order valence-electron chi connectivity index (χ4n) is 2.47. The molecule has 26 heavy (non-hydrogen) atoms. The van der Waals surface area contributed by atoms with E-state index < -0.39 is 0 Å². The molecule has 0 aliphatic rings. The molecule has 1 aromatic rings. The first-order valence-electron chi connectivity index (χ1n) is 8.35. The molecule has 0 spiro atoms. The highest BCUT2D eigenvalue weighted by atomic mass is 32.1. The van der Waals surface area contributed by atoms with Crippen LogP contribution >= 0.6 is 24.4 Å². The minimum absolute atomic E-state index is 0.0293. The van der Waals surface area contributed by atoms with Crippen LogP contribution in [0, 0.1) is 5.92 Å². The second kappa shape index (κ2) is 10.8. The number of hydrazone groups is 2. The van der Waals surface area contributed by atoms with Crippen LogP contribution < -0.4 is 10.6 Å². The van der Waals surface area contributed by atoms with Gasteiger partial charge in [0.25, 0.3) is 0 Å². The molecule has 0 heterocycles. The Hall–Kier alpha value is -2.06. The molecule has 142 valence electrons. The van der Waals surface area contributed by atoms with Gasteiger partial charge in [0.2, 0.25) is 0 Å².